The summed E-state index contributed by atoms with van der Waals surface area (Å²) >= 11 is 0. The molecule has 132 valence electrons. The highest BCUT2D eigenvalue weighted by Gasteiger charge is 2.33. The molecule has 1 aromatic carbocycles. The molecule has 1 fully saturated rings. The number of carbonyl (C=O) groups is 2. The highest BCUT2D eigenvalue weighted by Crippen LogP contribution is 2.19. The first-order chi connectivity index (χ1) is 11.7. The van der Waals surface area contributed by atoms with Crippen molar-refractivity contribution in [1.29, 1.82) is 0 Å². The molecule has 0 saturated carbocycles. The molecule has 1 heterocycles. The lowest BCUT2D eigenvalue weighted by atomic mass is 10.1. The van der Waals surface area contributed by atoms with Crippen molar-refractivity contribution in [2.24, 2.45) is 0 Å². The van der Waals surface area contributed by atoms with Crippen LogP contribution in [0.25, 0.3) is 0 Å². The summed E-state index contributed by atoms with van der Waals surface area (Å²) in [5.74, 6) is -0.304. The van der Waals surface area contributed by atoms with Gasteiger partial charge in [0.2, 0.25) is 0 Å². The van der Waals surface area contributed by atoms with Crippen LogP contribution in [0.15, 0.2) is 30.3 Å². The van der Waals surface area contributed by atoms with Crippen LogP contribution in [0.3, 0.4) is 0 Å². The van der Waals surface area contributed by atoms with Crippen LogP contribution in [0.5, 0.6) is 0 Å². The minimum absolute atomic E-state index is 0.216. The third-order valence-corrected chi connectivity index (χ3v) is 4.21. The first kappa shape index (κ1) is 18.3. The molecule has 0 aliphatic carbocycles. The number of rotatable bonds is 6. The summed E-state index contributed by atoms with van der Waals surface area (Å²) in [5.41, 5.74) is 0.933. The van der Waals surface area contributed by atoms with E-state index in [2.05, 4.69) is 0 Å². The highest BCUT2D eigenvalue weighted by molar-refractivity contribution is 5.81. The molecule has 0 N–H and O–H groups in total. The Balaban J connectivity index is 1.94. The average Bonchev–Trinajstić information content (AvgIpc) is 2.87. The lowest BCUT2D eigenvalue weighted by Crippen LogP contribution is -2.45. The molecule has 2 rings (SSSR count). The number of ether oxygens (including phenoxy) is 2. The van der Waals surface area contributed by atoms with Crippen LogP contribution in [0.4, 0.5) is 4.79 Å². The first-order valence-electron chi connectivity index (χ1n) is 8.86. The van der Waals surface area contributed by atoms with E-state index in [0.29, 0.717) is 19.6 Å². The van der Waals surface area contributed by atoms with Gasteiger partial charge in [-0.2, -0.15) is 0 Å². The topological polar surface area (TPSA) is 55.8 Å². The van der Waals surface area contributed by atoms with Crippen LogP contribution in [0, 0.1) is 0 Å². The van der Waals surface area contributed by atoms with Gasteiger partial charge in [-0.25, -0.2) is 9.59 Å². The minimum atomic E-state index is -0.521. The number of hydrogen-bond acceptors (Lipinski definition) is 4. The number of likely N-dealkylation sites (tertiary alicyclic amines) is 1. The number of hydrogen-bond donors (Lipinski definition) is 0. The fourth-order valence-corrected chi connectivity index (χ4v) is 2.79. The number of esters is 1. The molecule has 0 spiro atoms. The Bertz CT molecular complexity index is 517. The third-order valence-electron chi connectivity index (χ3n) is 4.21. The Hall–Kier alpha value is -2.04. The smallest absolute Gasteiger partial charge is 0.410 e. The van der Waals surface area contributed by atoms with Crippen molar-refractivity contribution in [3.63, 3.8) is 0 Å². The first-order valence-corrected chi connectivity index (χ1v) is 8.86. The molecule has 5 nitrogen and oxygen atoms in total. The summed E-state index contributed by atoms with van der Waals surface area (Å²) in [5, 5.41) is 0. The van der Waals surface area contributed by atoms with Gasteiger partial charge >= 0.3 is 12.1 Å². The number of carbonyl (C=O) groups excluding carboxylic acids is 2. The maximum Gasteiger partial charge on any atom is 0.410 e. The predicted molar refractivity (Wildman–Crippen MR) is 91.5 cm³/mol. The van der Waals surface area contributed by atoms with Crippen molar-refractivity contribution in [3.05, 3.63) is 35.9 Å². The monoisotopic (exact) mass is 333 g/mol. The van der Waals surface area contributed by atoms with Gasteiger partial charge in [0, 0.05) is 6.54 Å². The second kappa shape index (κ2) is 9.96. The molecular weight excluding hydrogens is 306 g/mol. The third kappa shape index (κ3) is 5.55. The fourth-order valence-electron chi connectivity index (χ4n) is 2.79. The van der Waals surface area contributed by atoms with Gasteiger partial charge in [-0.15, -0.1) is 0 Å². The normalized spacial score (nSPS) is 17.9. The number of benzene rings is 1. The van der Waals surface area contributed by atoms with Gasteiger partial charge in [-0.1, -0.05) is 56.5 Å². The van der Waals surface area contributed by atoms with Crippen LogP contribution in [0.1, 0.15) is 51.0 Å². The van der Waals surface area contributed by atoms with Gasteiger partial charge in [0.15, 0.2) is 0 Å². The second-order valence-electron chi connectivity index (χ2n) is 6.12. The van der Waals surface area contributed by atoms with Crippen LogP contribution in [0.2, 0.25) is 0 Å². The Kier molecular flexibility index (Phi) is 7.59. The van der Waals surface area contributed by atoms with E-state index < -0.39 is 12.1 Å². The molecule has 0 radical (unpaired) electrons. The van der Waals surface area contributed by atoms with Crippen LogP contribution >= 0.6 is 0 Å². The fraction of sp³-hybridized carbons (Fsp3) is 0.579. The molecule has 1 saturated heterocycles. The lowest BCUT2D eigenvalue weighted by Gasteiger charge is -2.27. The van der Waals surface area contributed by atoms with Crippen LogP contribution in [-0.4, -0.2) is 36.2 Å². The zero-order valence-electron chi connectivity index (χ0n) is 14.4. The summed E-state index contributed by atoms with van der Waals surface area (Å²) in [6.07, 6.45) is 4.86. The Morgan fingerprint density at radius 2 is 1.92 bits per heavy atom. The van der Waals surface area contributed by atoms with Crippen LogP contribution in [-0.2, 0) is 20.9 Å². The molecule has 0 aromatic heterocycles. The van der Waals surface area contributed by atoms with Crippen LogP contribution < -0.4 is 0 Å². The van der Waals surface area contributed by atoms with Crippen molar-refractivity contribution < 1.29 is 19.1 Å². The lowest BCUT2D eigenvalue weighted by molar-refractivity contribution is -0.149. The molecule has 1 aliphatic rings. The Morgan fingerprint density at radius 3 is 2.67 bits per heavy atom. The summed E-state index contributed by atoms with van der Waals surface area (Å²) in [6.45, 7) is 3.22. The number of amides is 1. The molecule has 0 unspecified atom stereocenters. The zero-order chi connectivity index (χ0) is 17.2. The van der Waals surface area contributed by atoms with Gasteiger partial charge in [0.1, 0.15) is 12.6 Å². The van der Waals surface area contributed by atoms with E-state index in [4.69, 9.17) is 9.47 Å². The van der Waals surface area contributed by atoms with E-state index in [1.165, 1.54) is 0 Å². The second-order valence-corrected chi connectivity index (χ2v) is 6.12. The standard InChI is InChI=1S/C19H27NO4/c1-2-3-14-23-18(21)17-12-8-5-9-13-20(17)19(22)24-15-16-10-6-4-7-11-16/h4,6-7,10-11,17H,2-3,5,8-9,12-15H2,1H3/t17-/m1/s1. The SMILES string of the molecule is CCCCOC(=O)[C@H]1CCCCCN1C(=O)OCc1ccccc1. The van der Waals surface area contributed by atoms with Crippen molar-refractivity contribution >= 4 is 12.1 Å². The van der Waals surface area contributed by atoms with Crippen molar-refractivity contribution in [3.8, 4) is 0 Å². The molecular formula is C19H27NO4. The summed E-state index contributed by atoms with van der Waals surface area (Å²) in [7, 11) is 0. The molecule has 1 aromatic rings. The average molecular weight is 333 g/mol. The minimum Gasteiger partial charge on any atom is -0.464 e. The van der Waals surface area contributed by atoms with E-state index in [-0.39, 0.29) is 12.6 Å². The predicted octanol–water partition coefficient (Wildman–Crippen LogP) is 3.91. The molecule has 0 bridgehead atoms. The quantitative estimate of drug-likeness (QED) is 0.585. The maximum absolute atomic E-state index is 12.5. The van der Waals surface area contributed by atoms with E-state index in [9.17, 15) is 9.59 Å². The largest absolute Gasteiger partial charge is 0.464 e. The Morgan fingerprint density at radius 1 is 1.12 bits per heavy atom. The van der Waals surface area contributed by atoms with E-state index in [1.54, 1.807) is 4.90 Å². The number of nitrogens with zero attached hydrogens (tertiary/aromatic N) is 1. The van der Waals surface area contributed by atoms with E-state index in [1.807, 2.05) is 37.3 Å². The Labute approximate surface area is 143 Å². The van der Waals surface area contributed by atoms with Gasteiger partial charge in [-0.05, 0) is 24.8 Å². The molecule has 1 amide bonds. The van der Waals surface area contributed by atoms with Crippen molar-refractivity contribution in [1.82, 2.24) is 4.90 Å². The van der Waals surface area contributed by atoms with Crippen molar-refractivity contribution in [2.75, 3.05) is 13.2 Å². The maximum atomic E-state index is 12.5. The van der Waals surface area contributed by atoms with Crippen molar-refractivity contribution in [2.45, 2.75) is 58.1 Å². The van der Waals surface area contributed by atoms with E-state index >= 15 is 0 Å². The summed E-state index contributed by atoms with van der Waals surface area (Å²) < 4.78 is 10.7. The van der Waals surface area contributed by atoms with Gasteiger partial charge in [0.25, 0.3) is 0 Å². The highest BCUT2D eigenvalue weighted by atomic mass is 16.6. The van der Waals surface area contributed by atoms with E-state index in [0.717, 1.165) is 37.7 Å². The van der Waals surface area contributed by atoms with Gasteiger partial charge < -0.3 is 9.47 Å². The zero-order valence-corrected chi connectivity index (χ0v) is 14.4. The summed E-state index contributed by atoms with van der Waals surface area (Å²) in [6, 6.07) is 9.03. The van der Waals surface area contributed by atoms with Gasteiger partial charge in [-0.3, -0.25) is 4.90 Å². The molecule has 24 heavy (non-hydrogen) atoms. The number of unbranched alkanes of at least 4 members (excludes halogenated alkanes) is 1. The molecule has 5 heteroatoms. The molecule has 1 atom stereocenters. The summed E-state index contributed by atoms with van der Waals surface area (Å²) in [4.78, 5) is 26.4. The molecule has 1 aliphatic heterocycles. The van der Waals surface area contributed by atoms with Gasteiger partial charge in [0.05, 0.1) is 6.61 Å².